The molecule has 0 saturated carbocycles. The first-order valence-corrected chi connectivity index (χ1v) is 7.83. The number of hydrogen-bond donors (Lipinski definition) is 4. The molecule has 3 rings (SSSR count). The number of nitrogen functional groups attached to an aromatic ring is 1. The molecule has 1 aliphatic heterocycles. The average Bonchev–Trinajstić information content (AvgIpc) is 3.07. The van der Waals surface area contributed by atoms with Crippen LogP contribution in [0, 0.1) is 0 Å². The Labute approximate surface area is 142 Å². The third-order valence-corrected chi connectivity index (χ3v) is 3.95. The van der Waals surface area contributed by atoms with Gasteiger partial charge >= 0.3 is 0 Å². The smallest absolute Gasteiger partial charge is 0.280 e. The summed E-state index contributed by atoms with van der Waals surface area (Å²) in [5, 5.41) is 20.5. The lowest BCUT2D eigenvalue weighted by atomic mass is 10.1. The lowest BCUT2D eigenvalue weighted by Crippen LogP contribution is -2.33. The molecule has 0 bridgehead atoms. The van der Waals surface area contributed by atoms with E-state index < -0.39 is 30.1 Å². The molecular weight excluding hydrogens is 330 g/mol. The largest absolute Gasteiger partial charge is 0.387 e. The first kappa shape index (κ1) is 17.5. The van der Waals surface area contributed by atoms with Crippen LogP contribution in [-0.4, -0.2) is 61.3 Å². The Kier molecular flexibility index (Phi) is 4.86. The van der Waals surface area contributed by atoms with Crippen LogP contribution in [0.25, 0.3) is 11.2 Å². The van der Waals surface area contributed by atoms with Crippen LogP contribution in [0.3, 0.4) is 0 Å². The molecule has 1 aliphatic rings. The molecule has 4 atom stereocenters. The van der Waals surface area contributed by atoms with E-state index in [0.717, 1.165) is 5.57 Å². The highest BCUT2D eigenvalue weighted by atomic mass is 16.6. The molecule has 3 heterocycles. The van der Waals surface area contributed by atoms with Crippen molar-refractivity contribution >= 4 is 17.1 Å². The summed E-state index contributed by atoms with van der Waals surface area (Å²) in [6.07, 6.45) is -0.824. The molecule has 0 spiro atoms. The summed E-state index contributed by atoms with van der Waals surface area (Å²) in [5.74, 6) is -0.0751. The van der Waals surface area contributed by atoms with Crippen LogP contribution in [0.5, 0.6) is 0 Å². The predicted molar refractivity (Wildman–Crippen MR) is 88.7 cm³/mol. The Morgan fingerprint density at radius 2 is 2.24 bits per heavy atom. The number of hydrogen-bond acceptors (Lipinski definition) is 8. The molecule has 1 fully saturated rings. The zero-order chi connectivity index (χ0) is 18.1. The van der Waals surface area contributed by atoms with Crippen molar-refractivity contribution in [3.05, 3.63) is 28.3 Å². The highest BCUT2D eigenvalue weighted by molar-refractivity contribution is 5.70. The Bertz CT molecular complexity index is 840. The average molecular weight is 351 g/mol. The minimum atomic E-state index is -1.23. The van der Waals surface area contributed by atoms with Gasteiger partial charge in [0, 0.05) is 0 Å². The number of fused-ring (bicyclic) bond motifs is 1. The summed E-state index contributed by atoms with van der Waals surface area (Å²) >= 11 is 0. The summed E-state index contributed by atoms with van der Waals surface area (Å²) in [6, 6.07) is 0. The maximum absolute atomic E-state index is 11.8. The molecule has 0 aromatic carbocycles. The molecule has 2 aromatic heterocycles. The van der Waals surface area contributed by atoms with Crippen LogP contribution in [0.4, 0.5) is 5.95 Å². The van der Waals surface area contributed by atoms with E-state index in [-0.39, 0.29) is 23.7 Å². The molecule has 2 aromatic rings. The van der Waals surface area contributed by atoms with Crippen LogP contribution in [0.1, 0.15) is 20.1 Å². The van der Waals surface area contributed by atoms with Gasteiger partial charge in [-0.3, -0.25) is 14.3 Å². The van der Waals surface area contributed by atoms with E-state index in [9.17, 15) is 15.0 Å². The molecule has 10 heteroatoms. The second-order valence-electron chi connectivity index (χ2n) is 6.14. The van der Waals surface area contributed by atoms with E-state index >= 15 is 0 Å². The van der Waals surface area contributed by atoms with Gasteiger partial charge in [0.1, 0.15) is 18.3 Å². The molecule has 136 valence electrons. The van der Waals surface area contributed by atoms with E-state index in [0.29, 0.717) is 6.61 Å². The van der Waals surface area contributed by atoms with E-state index in [4.69, 9.17) is 15.2 Å². The molecular formula is C15H21N5O5. The summed E-state index contributed by atoms with van der Waals surface area (Å²) in [4.78, 5) is 22.2. The Morgan fingerprint density at radius 3 is 2.96 bits per heavy atom. The predicted octanol–water partition coefficient (Wildman–Crippen LogP) is -0.696. The van der Waals surface area contributed by atoms with Gasteiger partial charge in [0.05, 0.1) is 19.5 Å². The number of allylic oxidation sites excluding steroid dienone is 1. The summed E-state index contributed by atoms with van der Waals surface area (Å²) < 4.78 is 12.5. The number of aromatic amines is 1. The number of ether oxygens (including phenoxy) is 2. The summed E-state index contributed by atoms with van der Waals surface area (Å²) in [6.45, 7) is 4.40. The molecule has 25 heavy (non-hydrogen) atoms. The van der Waals surface area contributed by atoms with Gasteiger partial charge in [0.25, 0.3) is 5.56 Å². The fourth-order valence-corrected chi connectivity index (χ4v) is 2.64. The van der Waals surface area contributed by atoms with E-state index in [2.05, 4.69) is 15.0 Å². The van der Waals surface area contributed by atoms with E-state index in [1.165, 1.54) is 10.9 Å². The number of aliphatic hydroxyl groups excluding tert-OH is 2. The van der Waals surface area contributed by atoms with Crippen LogP contribution in [-0.2, 0) is 9.47 Å². The summed E-state index contributed by atoms with van der Waals surface area (Å²) in [7, 11) is 0. The third kappa shape index (κ3) is 3.42. The first-order valence-electron chi connectivity index (χ1n) is 7.83. The van der Waals surface area contributed by atoms with Gasteiger partial charge in [-0.05, 0) is 13.8 Å². The van der Waals surface area contributed by atoms with E-state index in [1.807, 2.05) is 19.9 Å². The lowest BCUT2D eigenvalue weighted by molar-refractivity contribution is -0.0620. The highest BCUT2D eigenvalue weighted by Crippen LogP contribution is 2.31. The number of rotatable bonds is 5. The zero-order valence-corrected chi connectivity index (χ0v) is 13.9. The topological polar surface area (TPSA) is 149 Å². The molecule has 1 saturated heterocycles. The molecule has 0 radical (unpaired) electrons. The van der Waals surface area contributed by atoms with Crippen LogP contribution >= 0.6 is 0 Å². The quantitative estimate of drug-likeness (QED) is 0.408. The summed E-state index contributed by atoms with van der Waals surface area (Å²) in [5.41, 5.74) is 6.43. The van der Waals surface area contributed by atoms with Crippen LogP contribution in [0.15, 0.2) is 22.8 Å². The van der Waals surface area contributed by atoms with Crippen LogP contribution in [0.2, 0.25) is 0 Å². The van der Waals surface area contributed by atoms with Gasteiger partial charge in [-0.1, -0.05) is 11.6 Å². The number of nitrogens with two attached hydrogens (primary N) is 1. The van der Waals surface area contributed by atoms with Gasteiger partial charge in [-0.25, -0.2) is 4.98 Å². The van der Waals surface area contributed by atoms with Crippen molar-refractivity contribution < 1.29 is 19.7 Å². The van der Waals surface area contributed by atoms with E-state index in [1.54, 1.807) is 0 Å². The van der Waals surface area contributed by atoms with Crippen molar-refractivity contribution in [3.63, 3.8) is 0 Å². The monoisotopic (exact) mass is 351 g/mol. The van der Waals surface area contributed by atoms with Gasteiger partial charge in [0.2, 0.25) is 5.95 Å². The SMILES string of the molecule is CC(C)=CCOC[C@H]1O[C@@H](n2cnc3c(=O)[nH]c(N)nc32)[C@H](O)[C@@H]1O. The lowest BCUT2D eigenvalue weighted by Gasteiger charge is -2.16. The van der Waals surface area contributed by atoms with Crippen LogP contribution < -0.4 is 11.3 Å². The minimum Gasteiger partial charge on any atom is -0.387 e. The first-order chi connectivity index (χ1) is 11.9. The Balaban J connectivity index is 1.79. The van der Waals surface area contributed by atoms with Crippen molar-refractivity contribution in [3.8, 4) is 0 Å². The number of nitrogens with zero attached hydrogens (tertiary/aromatic N) is 3. The highest BCUT2D eigenvalue weighted by Gasteiger charge is 2.44. The van der Waals surface area contributed by atoms with Crippen molar-refractivity contribution in [2.24, 2.45) is 0 Å². The van der Waals surface area contributed by atoms with Crippen molar-refractivity contribution in [2.45, 2.75) is 38.4 Å². The molecule has 0 aliphatic carbocycles. The zero-order valence-electron chi connectivity index (χ0n) is 13.9. The number of imidazole rings is 1. The number of nitrogens with one attached hydrogen (secondary N) is 1. The normalized spacial score (nSPS) is 26.2. The van der Waals surface area contributed by atoms with Crippen molar-refractivity contribution in [2.75, 3.05) is 18.9 Å². The Hall–Kier alpha value is -2.27. The van der Waals surface area contributed by atoms with Gasteiger partial charge in [-0.2, -0.15) is 4.98 Å². The number of aromatic nitrogens is 4. The van der Waals surface area contributed by atoms with Gasteiger partial charge in [-0.15, -0.1) is 0 Å². The maximum Gasteiger partial charge on any atom is 0.280 e. The molecule has 10 nitrogen and oxygen atoms in total. The number of anilines is 1. The third-order valence-electron chi connectivity index (χ3n) is 3.95. The molecule has 0 unspecified atom stereocenters. The second-order valence-corrected chi connectivity index (χ2v) is 6.14. The van der Waals surface area contributed by atoms with Crippen molar-refractivity contribution in [1.29, 1.82) is 0 Å². The fraction of sp³-hybridized carbons (Fsp3) is 0.533. The standard InChI is InChI=1S/C15H21N5O5/c1-7(2)3-4-24-5-8-10(21)11(22)14(25-8)20-6-17-9-12(20)18-15(16)19-13(9)23/h3,6,8,10-11,14,21-22H,4-5H2,1-2H3,(H3,16,18,19,23)/t8-,10-,11-,14-/m1/s1. The Morgan fingerprint density at radius 1 is 1.48 bits per heavy atom. The number of H-pyrrole nitrogens is 1. The molecule has 0 amide bonds. The fourth-order valence-electron chi connectivity index (χ4n) is 2.64. The van der Waals surface area contributed by atoms with Gasteiger partial charge < -0.3 is 25.4 Å². The van der Waals surface area contributed by atoms with Crippen molar-refractivity contribution in [1.82, 2.24) is 19.5 Å². The second kappa shape index (κ2) is 6.92. The maximum atomic E-state index is 11.8. The molecule has 5 N–H and O–H groups in total. The number of aliphatic hydroxyl groups is 2. The van der Waals surface area contributed by atoms with Gasteiger partial charge in [0.15, 0.2) is 17.4 Å². The minimum absolute atomic E-state index is 0.0720.